The van der Waals surface area contributed by atoms with E-state index in [0.717, 1.165) is 16.9 Å². The fourth-order valence-corrected chi connectivity index (χ4v) is 2.42. The molecule has 0 saturated heterocycles. The van der Waals surface area contributed by atoms with Gasteiger partial charge in [-0.3, -0.25) is 4.79 Å². The molecule has 0 aromatic heterocycles. The molecule has 0 aliphatic rings. The molecule has 0 fully saturated rings. The van der Waals surface area contributed by atoms with Crippen molar-refractivity contribution in [3.63, 3.8) is 0 Å². The Morgan fingerprint density at radius 2 is 1.96 bits per heavy atom. The summed E-state index contributed by atoms with van der Waals surface area (Å²) in [5.41, 5.74) is 2.23. The van der Waals surface area contributed by atoms with Crippen molar-refractivity contribution >= 4 is 29.3 Å². The lowest BCUT2D eigenvalue weighted by atomic mass is 10.1. The average molecular weight is 369 g/mol. The van der Waals surface area contributed by atoms with Crippen molar-refractivity contribution in [2.24, 2.45) is 5.92 Å². The van der Waals surface area contributed by atoms with Crippen LogP contribution < -0.4 is 10.1 Å². The van der Waals surface area contributed by atoms with Gasteiger partial charge in [0.2, 0.25) is 0 Å². The van der Waals surface area contributed by atoms with Crippen molar-refractivity contribution in [1.29, 1.82) is 5.26 Å². The van der Waals surface area contributed by atoms with Crippen molar-refractivity contribution < 1.29 is 9.53 Å². The molecule has 0 unspecified atom stereocenters. The number of amides is 1. The molecule has 0 spiro atoms. The minimum absolute atomic E-state index is 0.0233. The topological polar surface area (TPSA) is 62.1 Å². The third kappa shape index (κ3) is 5.65. The second kappa shape index (κ2) is 9.07. The molecule has 2 rings (SSSR count). The number of hydrogen-bond donors (Lipinski definition) is 1. The molecule has 134 valence electrons. The standard InChI is InChI=1S/C21H21ClN2O2/c1-14(2)13-26-19-7-4-16(5-8-19)11-17(12-23)21(25)24-20-9-6-18(22)10-15(20)3/h4-11,14H,13H2,1-3H3,(H,24,25)/b17-11+. The molecule has 4 nitrogen and oxygen atoms in total. The molecule has 5 heteroatoms. The van der Waals surface area contributed by atoms with Gasteiger partial charge in [0, 0.05) is 10.7 Å². The predicted octanol–water partition coefficient (Wildman–Crippen LogP) is 5.23. The zero-order chi connectivity index (χ0) is 19.1. The minimum Gasteiger partial charge on any atom is -0.493 e. The van der Waals surface area contributed by atoms with E-state index >= 15 is 0 Å². The van der Waals surface area contributed by atoms with E-state index in [1.807, 2.05) is 37.3 Å². The molecule has 1 N–H and O–H groups in total. The Hall–Kier alpha value is -2.77. The second-order valence-corrected chi connectivity index (χ2v) is 6.79. The van der Waals surface area contributed by atoms with Crippen LogP contribution in [0.1, 0.15) is 25.0 Å². The molecule has 0 aliphatic carbocycles. The third-order valence-electron chi connectivity index (χ3n) is 3.58. The number of carbonyl (C=O) groups is 1. The predicted molar refractivity (Wildman–Crippen MR) is 105 cm³/mol. The number of benzene rings is 2. The molecule has 2 aromatic carbocycles. The molecule has 26 heavy (non-hydrogen) atoms. The number of hydrogen-bond acceptors (Lipinski definition) is 3. The van der Waals surface area contributed by atoms with E-state index in [1.54, 1.807) is 24.3 Å². The van der Waals surface area contributed by atoms with E-state index in [9.17, 15) is 10.1 Å². The van der Waals surface area contributed by atoms with Gasteiger partial charge in [-0.2, -0.15) is 5.26 Å². The Morgan fingerprint density at radius 1 is 1.27 bits per heavy atom. The van der Waals surface area contributed by atoms with E-state index in [1.165, 1.54) is 0 Å². The molecule has 0 bridgehead atoms. The zero-order valence-corrected chi connectivity index (χ0v) is 15.8. The SMILES string of the molecule is Cc1cc(Cl)ccc1NC(=O)/C(C#N)=C/c1ccc(OCC(C)C)cc1. The molecule has 2 aromatic rings. The Bertz CT molecular complexity index is 849. The summed E-state index contributed by atoms with van der Waals surface area (Å²) in [6.07, 6.45) is 1.55. The van der Waals surface area contributed by atoms with Gasteiger partial charge in [-0.25, -0.2) is 0 Å². The summed E-state index contributed by atoms with van der Waals surface area (Å²) in [7, 11) is 0. The van der Waals surface area contributed by atoms with E-state index in [2.05, 4.69) is 19.2 Å². The molecule has 0 heterocycles. The number of anilines is 1. The van der Waals surface area contributed by atoms with E-state index < -0.39 is 5.91 Å². The highest BCUT2D eigenvalue weighted by Crippen LogP contribution is 2.21. The van der Waals surface area contributed by atoms with Gasteiger partial charge in [-0.1, -0.05) is 37.6 Å². The van der Waals surface area contributed by atoms with Gasteiger partial charge in [0.1, 0.15) is 17.4 Å². The smallest absolute Gasteiger partial charge is 0.266 e. The van der Waals surface area contributed by atoms with Gasteiger partial charge >= 0.3 is 0 Å². The highest BCUT2D eigenvalue weighted by molar-refractivity contribution is 6.30. The van der Waals surface area contributed by atoms with Crippen LogP contribution in [0.5, 0.6) is 5.75 Å². The lowest BCUT2D eigenvalue weighted by Crippen LogP contribution is -2.14. The first-order chi connectivity index (χ1) is 12.4. The van der Waals surface area contributed by atoms with Crippen molar-refractivity contribution in [3.8, 4) is 11.8 Å². The lowest BCUT2D eigenvalue weighted by Gasteiger charge is -2.09. The lowest BCUT2D eigenvalue weighted by molar-refractivity contribution is -0.112. The molecule has 0 radical (unpaired) electrons. The van der Waals surface area contributed by atoms with Crippen molar-refractivity contribution in [2.45, 2.75) is 20.8 Å². The first-order valence-corrected chi connectivity index (χ1v) is 8.69. The maximum atomic E-state index is 12.4. The van der Waals surface area contributed by atoms with Crippen LogP contribution in [-0.4, -0.2) is 12.5 Å². The Morgan fingerprint density at radius 3 is 2.54 bits per heavy atom. The van der Waals surface area contributed by atoms with Crippen LogP contribution in [0.3, 0.4) is 0 Å². The zero-order valence-electron chi connectivity index (χ0n) is 15.0. The van der Waals surface area contributed by atoms with Gasteiger partial charge in [0.05, 0.1) is 6.61 Å². The Kier molecular flexibility index (Phi) is 6.82. The molecular formula is C21H21ClN2O2. The average Bonchev–Trinajstić information content (AvgIpc) is 2.61. The minimum atomic E-state index is -0.460. The van der Waals surface area contributed by atoms with Crippen LogP contribution in [0.2, 0.25) is 5.02 Å². The van der Waals surface area contributed by atoms with Crippen LogP contribution in [0, 0.1) is 24.2 Å². The number of aryl methyl sites for hydroxylation is 1. The van der Waals surface area contributed by atoms with Gasteiger partial charge in [0.15, 0.2) is 0 Å². The van der Waals surface area contributed by atoms with E-state index in [0.29, 0.717) is 23.2 Å². The maximum Gasteiger partial charge on any atom is 0.266 e. The summed E-state index contributed by atoms with van der Waals surface area (Å²) in [5.74, 6) is 0.744. The molecule has 1 amide bonds. The number of nitriles is 1. The number of nitrogens with one attached hydrogen (secondary N) is 1. The highest BCUT2D eigenvalue weighted by Gasteiger charge is 2.11. The quantitative estimate of drug-likeness (QED) is 0.561. The third-order valence-corrected chi connectivity index (χ3v) is 3.81. The molecule has 0 atom stereocenters. The number of nitrogens with zero attached hydrogens (tertiary/aromatic N) is 1. The van der Waals surface area contributed by atoms with Gasteiger partial charge in [-0.15, -0.1) is 0 Å². The summed E-state index contributed by atoms with van der Waals surface area (Å²) in [5, 5.41) is 12.7. The van der Waals surface area contributed by atoms with Crippen LogP contribution in [0.15, 0.2) is 48.0 Å². The summed E-state index contributed by atoms with van der Waals surface area (Å²) in [6.45, 7) is 6.64. The molecular weight excluding hydrogens is 348 g/mol. The second-order valence-electron chi connectivity index (χ2n) is 6.36. The summed E-state index contributed by atoms with van der Waals surface area (Å²) < 4.78 is 5.63. The number of halogens is 1. The fraction of sp³-hybridized carbons (Fsp3) is 0.238. The summed E-state index contributed by atoms with van der Waals surface area (Å²) in [4.78, 5) is 12.4. The number of ether oxygens (including phenoxy) is 1. The van der Waals surface area contributed by atoms with Crippen molar-refractivity contribution in [2.75, 3.05) is 11.9 Å². The van der Waals surface area contributed by atoms with E-state index in [-0.39, 0.29) is 5.57 Å². The van der Waals surface area contributed by atoms with Crippen LogP contribution >= 0.6 is 11.6 Å². The Labute approximate surface area is 159 Å². The number of rotatable bonds is 6. The van der Waals surface area contributed by atoms with Gasteiger partial charge in [0.25, 0.3) is 5.91 Å². The molecule has 0 aliphatic heterocycles. The monoisotopic (exact) mass is 368 g/mol. The normalized spacial score (nSPS) is 11.2. The van der Waals surface area contributed by atoms with Crippen molar-refractivity contribution in [3.05, 3.63) is 64.2 Å². The maximum absolute atomic E-state index is 12.4. The largest absolute Gasteiger partial charge is 0.493 e. The fourth-order valence-electron chi connectivity index (χ4n) is 2.20. The Balaban J connectivity index is 2.11. The van der Waals surface area contributed by atoms with E-state index in [4.69, 9.17) is 16.3 Å². The van der Waals surface area contributed by atoms with Crippen LogP contribution in [0.4, 0.5) is 5.69 Å². The molecule has 0 saturated carbocycles. The van der Waals surface area contributed by atoms with Crippen LogP contribution in [0.25, 0.3) is 6.08 Å². The first-order valence-electron chi connectivity index (χ1n) is 8.31. The highest BCUT2D eigenvalue weighted by atomic mass is 35.5. The first kappa shape index (κ1) is 19.6. The van der Waals surface area contributed by atoms with Gasteiger partial charge in [-0.05, 0) is 60.4 Å². The van der Waals surface area contributed by atoms with Crippen molar-refractivity contribution in [1.82, 2.24) is 0 Å². The van der Waals surface area contributed by atoms with Gasteiger partial charge < -0.3 is 10.1 Å². The number of carbonyl (C=O) groups excluding carboxylic acids is 1. The van der Waals surface area contributed by atoms with Crippen LogP contribution in [-0.2, 0) is 4.79 Å². The summed E-state index contributed by atoms with van der Waals surface area (Å²) in [6, 6.07) is 14.4. The summed E-state index contributed by atoms with van der Waals surface area (Å²) >= 11 is 5.92.